The summed E-state index contributed by atoms with van der Waals surface area (Å²) >= 11 is 0. The molecule has 0 spiro atoms. The summed E-state index contributed by atoms with van der Waals surface area (Å²) in [7, 11) is 0. The van der Waals surface area contributed by atoms with E-state index in [0.717, 1.165) is 57.9 Å². The molecule has 1 aliphatic carbocycles. The van der Waals surface area contributed by atoms with Gasteiger partial charge in [-0.05, 0) is 25.7 Å². The number of hydrogen-bond donors (Lipinski definition) is 0. The van der Waals surface area contributed by atoms with Gasteiger partial charge in [-0.2, -0.15) is 4.98 Å². The van der Waals surface area contributed by atoms with Crippen molar-refractivity contribution in [3.63, 3.8) is 0 Å². The van der Waals surface area contributed by atoms with Gasteiger partial charge in [0, 0.05) is 45.2 Å². The highest BCUT2D eigenvalue weighted by Crippen LogP contribution is 2.38. The van der Waals surface area contributed by atoms with Crippen LogP contribution < -0.4 is 4.90 Å². The number of nitrogens with zero attached hydrogens (tertiary/aromatic N) is 5. The number of carbonyl (C=O) groups is 1. The van der Waals surface area contributed by atoms with E-state index in [1.54, 1.807) is 0 Å². The van der Waals surface area contributed by atoms with E-state index in [0.29, 0.717) is 24.4 Å². The molecule has 0 atom stereocenters. The Labute approximate surface area is 143 Å². The van der Waals surface area contributed by atoms with Crippen molar-refractivity contribution in [1.29, 1.82) is 0 Å². The average molecular weight is 333 g/mol. The van der Waals surface area contributed by atoms with Gasteiger partial charge in [0.05, 0.1) is 6.54 Å². The molecule has 24 heavy (non-hydrogen) atoms. The Hall–Kier alpha value is -1.63. The second-order valence-electron chi connectivity index (χ2n) is 7.27. The van der Waals surface area contributed by atoms with Crippen LogP contribution in [-0.2, 0) is 4.79 Å². The molecule has 1 amide bonds. The minimum atomic E-state index is 0.291. The lowest BCUT2D eigenvalue weighted by Crippen LogP contribution is -2.50. The van der Waals surface area contributed by atoms with E-state index >= 15 is 0 Å². The fraction of sp³-hybridized carbons (Fsp3) is 0.824. The fourth-order valence-corrected chi connectivity index (χ4v) is 3.57. The number of aromatic nitrogens is 2. The van der Waals surface area contributed by atoms with Gasteiger partial charge in [0.1, 0.15) is 0 Å². The maximum Gasteiger partial charge on any atom is 0.324 e. The van der Waals surface area contributed by atoms with Gasteiger partial charge >= 0.3 is 6.01 Å². The Bertz CT molecular complexity index is 555. The summed E-state index contributed by atoms with van der Waals surface area (Å²) in [5, 5.41) is 4.09. The van der Waals surface area contributed by atoms with Crippen LogP contribution in [0.4, 0.5) is 6.01 Å². The number of carbonyl (C=O) groups excluding carboxylic acids is 1. The van der Waals surface area contributed by atoms with Crippen molar-refractivity contribution in [2.75, 3.05) is 50.7 Å². The molecule has 0 unspecified atom stereocenters. The van der Waals surface area contributed by atoms with Gasteiger partial charge in [0.2, 0.25) is 5.91 Å². The van der Waals surface area contributed by atoms with E-state index < -0.39 is 0 Å². The Kier molecular flexibility index (Phi) is 4.69. The molecule has 3 fully saturated rings. The van der Waals surface area contributed by atoms with Crippen LogP contribution in [0, 0.1) is 0 Å². The molecule has 0 aromatic carbocycles. The van der Waals surface area contributed by atoms with Crippen molar-refractivity contribution in [3.05, 3.63) is 5.82 Å². The van der Waals surface area contributed by atoms with E-state index in [4.69, 9.17) is 4.52 Å². The van der Waals surface area contributed by atoms with E-state index in [2.05, 4.69) is 24.8 Å². The zero-order valence-corrected chi connectivity index (χ0v) is 14.3. The highest BCUT2D eigenvalue weighted by molar-refractivity contribution is 5.78. The highest BCUT2D eigenvalue weighted by atomic mass is 16.5. The minimum Gasteiger partial charge on any atom is -0.342 e. The first-order chi connectivity index (χ1) is 11.8. The van der Waals surface area contributed by atoms with Crippen LogP contribution in [0.25, 0.3) is 0 Å². The molecule has 2 saturated heterocycles. The maximum absolute atomic E-state index is 12.5. The zero-order chi connectivity index (χ0) is 16.4. The Balaban J connectivity index is 1.25. The van der Waals surface area contributed by atoms with E-state index in [-0.39, 0.29) is 0 Å². The Morgan fingerprint density at radius 1 is 1.00 bits per heavy atom. The van der Waals surface area contributed by atoms with Crippen LogP contribution in [-0.4, -0.2) is 71.7 Å². The topological polar surface area (TPSA) is 65.7 Å². The summed E-state index contributed by atoms with van der Waals surface area (Å²) in [5.74, 6) is 1.68. The molecule has 7 heteroatoms. The van der Waals surface area contributed by atoms with Crippen molar-refractivity contribution in [3.8, 4) is 0 Å². The van der Waals surface area contributed by atoms with Gasteiger partial charge in [-0.1, -0.05) is 18.0 Å². The van der Waals surface area contributed by atoms with Gasteiger partial charge < -0.3 is 14.3 Å². The first-order valence-electron chi connectivity index (χ1n) is 9.38. The molecule has 3 aliphatic rings. The van der Waals surface area contributed by atoms with Crippen LogP contribution >= 0.6 is 0 Å². The quantitative estimate of drug-likeness (QED) is 0.831. The van der Waals surface area contributed by atoms with E-state index in [9.17, 15) is 4.79 Å². The van der Waals surface area contributed by atoms with Gasteiger partial charge in [-0.25, -0.2) is 0 Å². The first-order valence-corrected chi connectivity index (χ1v) is 9.38. The number of amides is 1. The van der Waals surface area contributed by atoms with E-state index in [1.165, 1.54) is 25.7 Å². The van der Waals surface area contributed by atoms with Gasteiger partial charge in [-0.3, -0.25) is 9.69 Å². The maximum atomic E-state index is 12.5. The molecule has 2 aliphatic heterocycles. The van der Waals surface area contributed by atoms with Gasteiger partial charge in [-0.15, -0.1) is 0 Å². The van der Waals surface area contributed by atoms with Crippen LogP contribution in [0.2, 0.25) is 0 Å². The second-order valence-corrected chi connectivity index (χ2v) is 7.27. The monoisotopic (exact) mass is 333 g/mol. The predicted octanol–water partition coefficient (Wildman–Crippen LogP) is 1.47. The molecule has 4 rings (SSSR count). The molecule has 0 radical (unpaired) electrons. The summed E-state index contributed by atoms with van der Waals surface area (Å²) in [5.41, 5.74) is 0. The lowest BCUT2D eigenvalue weighted by molar-refractivity contribution is -0.132. The summed E-state index contributed by atoms with van der Waals surface area (Å²) in [6.45, 7) is 5.86. The first kappa shape index (κ1) is 15.9. The Morgan fingerprint density at radius 3 is 2.38 bits per heavy atom. The second kappa shape index (κ2) is 7.09. The Morgan fingerprint density at radius 2 is 1.71 bits per heavy atom. The highest BCUT2D eigenvalue weighted by Gasteiger charge is 2.30. The third kappa shape index (κ3) is 3.71. The fourth-order valence-electron chi connectivity index (χ4n) is 3.57. The van der Waals surface area contributed by atoms with Gasteiger partial charge in [0.15, 0.2) is 5.82 Å². The van der Waals surface area contributed by atoms with Crippen molar-refractivity contribution in [2.24, 2.45) is 0 Å². The van der Waals surface area contributed by atoms with Crippen molar-refractivity contribution in [2.45, 2.75) is 44.4 Å². The van der Waals surface area contributed by atoms with Crippen molar-refractivity contribution < 1.29 is 9.32 Å². The number of anilines is 1. The smallest absolute Gasteiger partial charge is 0.324 e. The van der Waals surface area contributed by atoms with Crippen LogP contribution in [0.5, 0.6) is 0 Å². The molecule has 0 bridgehead atoms. The molecule has 1 saturated carbocycles. The predicted molar refractivity (Wildman–Crippen MR) is 90.0 cm³/mol. The lowest BCUT2D eigenvalue weighted by Gasteiger charge is -2.34. The minimum absolute atomic E-state index is 0.291. The van der Waals surface area contributed by atoms with Gasteiger partial charge in [0.25, 0.3) is 0 Å². The third-order valence-corrected chi connectivity index (χ3v) is 5.33. The molecule has 1 aromatic rings. The molecular weight excluding hydrogens is 306 g/mol. The van der Waals surface area contributed by atoms with Crippen molar-refractivity contribution in [1.82, 2.24) is 19.9 Å². The van der Waals surface area contributed by atoms with Crippen molar-refractivity contribution >= 4 is 11.9 Å². The molecule has 132 valence electrons. The van der Waals surface area contributed by atoms with Crippen LogP contribution in [0.15, 0.2) is 4.52 Å². The molecular formula is C17H27N5O2. The SMILES string of the molecule is O=C(CN1CCN(c2nc(C3CC3)no2)CC1)N1CCCCCC1. The summed E-state index contributed by atoms with van der Waals surface area (Å²) in [6, 6.07) is 0.649. The average Bonchev–Trinajstić information content (AvgIpc) is 3.39. The summed E-state index contributed by atoms with van der Waals surface area (Å²) < 4.78 is 5.40. The molecule has 1 aromatic heterocycles. The van der Waals surface area contributed by atoms with Crippen LogP contribution in [0.3, 0.4) is 0 Å². The number of piperazine rings is 1. The zero-order valence-electron chi connectivity index (χ0n) is 14.3. The van der Waals surface area contributed by atoms with E-state index in [1.807, 2.05) is 0 Å². The number of rotatable bonds is 4. The molecule has 7 nitrogen and oxygen atoms in total. The number of likely N-dealkylation sites (tertiary alicyclic amines) is 1. The molecule has 3 heterocycles. The summed E-state index contributed by atoms with van der Waals surface area (Å²) in [4.78, 5) is 23.5. The largest absolute Gasteiger partial charge is 0.342 e. The number of hydrogen-bond acceptors (Lipinski definition) is 6. The molecule has 0 N–H and O–H groups in total. The summed E-state index contributed by atoms with van der Waals surface area (Å²) in [6.07, 6.45) is 7.20. The lowest BCUT2D eigenvalue weighted by atomic mass is 10.2. The van der Waals surface area contributed by atoms with Crippen LogP contribution in [0.1, 0.15) is 50.3 Å². The standard InChI is InChI=1S/C17H27N5O2/c23-15(21-7-3-1-2-4-8-21)13-20-9-11-22(12-10-20)17-18-16(19-24-17)14-5-6-14/h14H,1-13H2. The third-order valence-electron chi connectivity index (χ3n) is 5.33. The normalized spacial score (nSPS) is 23.3.